The van der Waals surface area contributed by atoms with Crippen molar-refractivity contribution in [3.05, 3.63) is 82.0 Å². The summed E-state index contributed by atoms with van der Waals surface area (Å²) in [4.78, 5) is 0. The quantitative estimate of drug-likeness (QED) is 0.365. The zero-order valence-corrected chi connectivity index (χ0v) is 20.6. The van der Waals surface area contributed by atoms with Crippen LogP contribution in [0.2, 0.25) is 0 Å². The minimum atomic E-state index is 0.182. The number of rotatable bonds is 5. The van der Waals surface area contributed by atoms with Crippen LogP contribution in [0.1, 0.15) is 52.8 Å². The van der Waals surface area contributed by atoms with E-state index in [2.05, 4.69) is 27.1 Å². The standard InChI is InChI=1S/C21H18BrN5.2C2H6/c1-3-15(2)19(22)12-8-7-9-16(13-23)20-18(14-24)21(25)27(26-20)17-10-5-4-6-11-17;2*1-2/h3-12H,25H2,1-2H3;2*1-2H3/b8-7+,15-3-,16-9+,19-12+;;. The van der Waals surface area contributed by atoms with E-state index in [0.29, 0.717) is 0 Å². The smallest absolute Gasteiger partial charge is 0.145 e. The first-order valence-corrected chi connectivity index (χ1v) is 10.9. The SMILES string of the molecule is CC.CC.C\C=C(C)/C(Br)=C\C=C\C=C(/C#N)c1nn(-c2ccccc2)c(N)c1C#N. The predicted molar refractivity (Wildman–Crippen MR) is 135 cm³/mol. The third-order valence-corrected chi connectivity index (χ3v) is 4.73. The van der Waals surface area contributed by atoms with Crippen LogP contribution in [0.25, 0.3) is 11.3 Å². The Morgan fingerprint density at radius 1 is 1.06 bits per heavy atom. The topological polar surface area (TPSA) is 91.4 Å². The van der Waals surface area contributed by atoms with Gasteiger partial charge in [-0.3, -0.25) is 0 Å². The van der Waals surface area contributed by atoms with Gasteiger partial charge >= 0.3 is 0 Å². The van der Waals surface area contributed by atoms with Crippen LogP contribution in [0, 0.1) is 22.7 Å². The molecule has 1 aromatic carbocycles. The fourth-order valence-corrected chi connectivity index (χ4v) is 2.61. The minimum Gasteiger partial charge on any atom is -0.382 e. The van der Waals surface area contributed by atoms with Crippen LogP contribution >= 0.6 is 15.9 Å². The Kier molecular flexibility index (Phi) is 13.8. The molecule has 0 unspecified atom stereocenters. The minimum absolute atomic E-state index is 0.182. The van der Waals surface area contributed by atoms with Gasteiger partial charge in [-0.15, -0.1) is 0 Å². The zero-order valence-electron chi connectivity index (χ0n) is 19.0. The van der Waals surface area contributed by atoms with Crippen LogP contribution in [-0.4, -0.2) is 9.78 Å². The largest absolute Gasteiger partial charge is 0.382 e. The lowest BCUT2D eigenvalue weighted by molar-refractivity contribution is 0.884. The van der Waals surface area contributed by atoms with Gasteiger partial charge in [0.2, 0.25) is 0 Å². The Morgan fingerprint density at radius 3 is 2.16 bits per heavy atom. The molecule has 0 aliphatic carbocycles. The van der Waals surface area contributed by atoms with Gasteiger partial charge < -0.3 is 5.73 Å². The molecule has 6 heteroatoms. The summed E-state index contributed by atoms with van der Waals surface area (Å²) >= 11 is 3.47. The van der Waals surface area contributed by atoms with E-state index in [1.165, 1.54) is 4.68 Å². The number of aromatic nitrogens is 2. The summed E-state index contributed by atoms with van der Waals surface area (Å²) in [5.74, 6) is 0.204. The lowest BCUT2D eigenvalue weighted by Crippen LogP contribution is -2.02. The van der Waals surface area contributed by atoms with Gasteiger partial charge in [0.1, 0.15) is 29.2 Å². The van der Waals surface area contributed by atoms with E-state index in [4.69, 9.17) is 5.73 Å². The van der Waals surface area contributed by atoms with E-state index in [1.807, 2.05) is 90.1 Å². The highest BCUT2D eigenvalue weighted by Gasteiger charge is 2.19. The Labute approximate surface area is 194 Å². The fourth-order valence-electron chi connectivity index (χ4n) is 2.23. The van der Waals surface area contributed by atoms with Gasteiger partial charge in [0.15, 0.2) is 0 Å². The summed E-state index contributed by atoms with van der Waals surface area (Å²) in [6.07, 6.45) is 9.01. The Bertz CT molecular complexity index is 1030. The molecule has 0 bridgehead atoms. The Balaban J connectivity index is 0.00000212. The Morgan fingerprint density at radius 2 is 1.65 bits per heavy atom. The molecule has 162 valence electrons. The normalized spacial score (nSPS) is 11.6. The van der Waals surface area contributed by atoms with Crippen molar-refractivity contribution in [3.63, 3.8) is 0 Å². The molecule has 2 rings (SSSR count). The molecule has 1 heterocycles. The van der Waals surface area contributed by atoms with Crippen LogP contribution in [0.15, 0.2) is 70.8 Å². The first kappa shape index (κ1) is 27.6. The summed E-state index contributed by atoms with van der Waals surface area (Å²) in [7, 11) is 0. The van der Waals surface area contributed by atoms with E-state index in [-0.39, 0.29) is 22.6 Å². The number of nitriles is 2. The molecule has 31 heavy (non-hydrogen) atoms. The zero-order chi connectivity index (χ0) is 23.8. The number of benzene rings is 1. The number of halogens is 1. The summed E-state index contributed by atoms with van der Waals surface area (Å²) in [6, 6.07) is 13.4. The molecule has 0 amide bonds. The molecule has 0 aliphatic rings. The third-order valence-electron chi connectivity index (χ3n) is 3.84. The molecule has 0 saturated heterocycles. The highest BCUT2D eigenvalue weighted by molar-refractivity contribution is 9.12. The number of hydrogen-bond donors (Lipinski definition) is 1. The molecule has 5 nitrogen and oxygen atoms in total. The number of anilines is 1. The van der Waals surface area contributed by atoms with Gasteiger partial charge in [0.25, 0.3) is 0 Å². The van der Waals surface area contributed by atoms with Crippen LogP contribution in [0.3, 0.4) is 0 Å². The molecule has 0 aliphatic heterocycles. The summed E-state index contributed by atoms with van der Waals surface area (Å²) in [5, 5.41) is 23.4. The van der Waals surface area contributed by atoms with Crippen molar-refractivity contribution in [1.29, 1.82) is 10.5 Å². The number of para-hydroxylation sites is 1. The molecular weight excluding hydrogens is 450 g/mol. The van der Waals surface area contributed by atoms with Gasteiger partial charge in [-0.1, -0.05) is 80.1 Å². The summed E-state index contributed by atoms with van der Waals surface area (Å²) < 4.78 is 2.41. The van der Waals surface area contributed by atoms with Crippen molar-refractivity contribution in [2.75, 3.05) is 5.73 Å². The first-order chi connectivity index (χ1) is 15.0. The van der Waals surface area contributed by atoms with Gasteiger partial charge in [0.05, 0.1) is 11.3 Å². The average Bonchev–Trinajstić information content (AvgIpc) is 3.17. The second kappa shape index (κ2) is 15.5. The van der Waals surface area contributed by atoms with Crippen molar-refractivity contribution < 1.29 is 0 Å². The average molecular weight is 480 g/mol. The predicted octanol–water partition coefficient (Wildman–Crippen LogP) is 7.09. The van der Waals surface area contributed by atoms with Gasteiger partial charge in [-0.2, -0.15) is 15.6 Å². The highest BCUT2D eigenvalue weighted by atomic mass is 79.9. The van der Waals surface area contributed by atoms with Crippen LogP contribution < -0.4 is 5.73 Å². The van der Waals surface area contributed by atoms with Crippen molar-refractivity contribution in [2.45, 2.75) is 41.5 Å². The number of nitrogen functional groups attached to an aromatic ring is 1. The van der Waals surface area contributed by atoms with E-state index >= 15 is 0 Å². The lowest BCUT2D eigenvalue weighted by atomic mass is 10.1. The maximum Gasteiger partial charge on any atom is 0.145 e. The van der Waals surface area contributed by atoms with Gasteiger partial charge in [-0.25, -0.2) is 4.68 Å². The molecule has 2 aromatic rings. The van der Waals surface area contributed by atoms with E-state index in [0.717, 1.165) is 15.7 Å². The molecule has 0 fully saturated rings. The van der Waals surface area contributed by atoms with E-state index in [1.54, 1.807) is 18.2 Å². The van der Waals surface area contributed by atoms with Gasteiger partial charge in [-0.05, 0) is 43.7 Å². The number of nitrogens with two attached hydrogens (primary N) is 1. The maximum absolute atomic E-state index is 9.52. The molecule has 0 spiro atoms. The van der Waals surface area contributed by atoms with Crippen LogP contribution in [-0.2, 0) is 0 Å². The first-order valence-electron chi connectivity index (χ1n) is 10.1. The van der Waals surface area contributed by atoms with E-state index in [9.17, 15) is 10.5 Å². The number of allylic oxidation sites excluding steroid dienone is 8. The van der Waals surface area contributed by atoms with E-state index < -0.39 is 0 Å². The van der Waals surface area contributed by atoms with Crippen LogP contribution in [0.5, 0.6) is 0 Å². The van der Waals surface area contributed by atoms with Crippen molar-refractivity contribution in [3.8, 4) is 17.8 Å². The molecule has 1 aromatic heterocycles. The fraction of sp³-hybridized carbons (Fsp3) is 0.240. The molecular formula is C25H30BrN5. The molecule has 0 atom stereocenters. The number of nitrogens with zero attached hydrogens (tertiary/aromatic N) is 4. The van der Waals surface area contributed by atoms with Crippen LogP contribution in [0.4, 0.5) is 5.82 Å². The van der Waals surface area contributed by atoms with Crippen molar-refractivity contribution in [1.82, 2.24) is 9.78 Å². The van der Waals surface area contributed by atoms with Crippen molar-refractivity contribution >= 4 is 27.3 Å². The lowest BCUT2D eigenvalue weighted by Gasteiger charge is -2.02. The third kappa shape index (κ3) is 7.77. The highest BCUT2D eigenvalue weighted by Crippen LogP contribution is 2.25. The maximum atomic E-state index is 9.52. The Hall–Kier alpha value is -3.35. The molecule has 0 radical (unpaired) electrons. The monoisotopic (exact) mass is 479 g/mol. The summed E-state index contributed by atoms with van der Waals surface area (Å²) in [6.45, 7) is 11.9. The number of hydrogen-bond acceptors (Lipinski definition) is 4. The van der Waals surface area contributed by atoms with Gasteiger partial charge in [0, 0.05) is 4.48 Å². The summed E-state index contributed by atoms with van der Waals surface area (Å²) in [5.41, 5.74) is 8.61. The second-order valence-electron chi connectivity index (χ2n) is 5.53. The molecule has 0 saturated carbocycles. The second-order valence-corrected chi connectivity index (χ2v) is 6.39. The van der Waals surface area contributed by atoms with Crippen molar-refractivity contribution in [2.24, 2.45) is 0 Å². The molecule has 2 N–H and O–H groups in total.